The van der Waals surface area contributed by atoms with E-state index in [4.69, 9.17) is 5.26 Å². The Morgan fingerprint density at radius 1 is 0.938 bits per heavy atom. The van der Waals surface area contributed by atoms with Gasteiger partial charge in [0.2, 0.25) is 5.91 Å². The molecule has 0 saturated heterocycles. The topological polar surface area (TPSA) is 94.0 Å². The molecule has 0 unspecified atom stereocenters. The zero-order valence-electron chi connectivity index (χ0n) is 17.7. The summed E-state index contributed by atoms with van der Waals surface area (Å²) in [6, 6.07) is 22.2. The van der Waals surface area contributed by atoms with Crippen molar-refractivity contribution in [2.45, 2.75) is 25.8 Å². The summed E-state index contributed by atoms with van der Waals surface area (Å²) in [6.07, 6.45) is 1.85. The molecule has 160 valence electrons. The first-order chi connectivity index (χ1) is 15.6. The van der Waals surface area contributed by atoms with Crippen LogP contribution in [0.4, 0.5) is 11.4 Å². The van der Waals surface area contributed by atoms with Crippen molar-refractivity contribution < 1.29 is 9.59 Å². The molecule has 0 aromatic heterocycles. The second-order valence-corrected chi connectivity index (χ2v) is 7.80. The largest absolute Gasteiger partial charge is 0.326 e. The van der Waals surface area contributed by atoms with Crippen molar-refractivity contribution in [3.63, 3.8) is 0 Å². The molecule has 0 spiro atoms. The summed E-state index contributed by atoms with van der Waals surface area (Å²) in [7, 11) is 0. The standard InChI is InChI=1S/C26H24N4O2/c27-16-19-4-9-23(10-5-19)29-25(31)11-6-18-2-1-3-24(14-18)30-26(32)21-8-7-20-12-13-28-17-22(20)15-21/h1-5,7-10,14-15,28H,6,11-13,17H2,(H,29,31)(H,30,32). The third-order valence-corrected chi connectivity index (χ3v) is 5.48. The molecule has 6 heteroatoms. The lowest BCUT2D eigenvalue weighted by atomic mass is 9.98. The van der Waals surface area contributed by atoms with Gasteiger partial charge in [0.25, 0.3) is 5.91 Å². The molecule has 32 heavy (non-hydrogen) atoms. The summed E-state index contributed by atoms with van der Waals surface area (Å²) < 4.78 is 0. The maximum atomic E-state index is 12.7. The van der Waals surface area contributed by atoms with E-state index >= 15 is 0 Å². The smallest absolute Gasteiger partial charge is 0.255 e. The molecule has 0 aliphatic carbocycles. The van der Waals surface area contributed by atoms with Gasteiger partial charge in [-0.3, -0.25) is 9.59 Å². The van der Waals surface area contributed by atoms with Crippen LogP contribution in [0.15, 0.2) is 66.7 Å². The van der Waals surface area contributed by atoms with Crippen molar-refractivity contribution in [1.29, 1.82) is 5.26 Å². The van der Waals surface area contributed by atoms with E-state index in [0.29, 0.717) is 35.3 Å². The number of nitrogens with zero attached hydrogens (tertiary/aromatic N) is 1. The van der Waals surface area contributed by atoms with Crippen LogP contribution in [-0.4, -0.2) is 18.4 Å². The first-order valence-electron chi connectivity index (χ1n) is 10.6. The van der Waals surface area contributed by atoms with Gasteiger partial charge in [0.15, 0.2) is 0 Å². The van der Waals surface area contributed by atoms with E-state index in [2.05, 4.69) is 22.0 Å². The highest BCUT2D eigenvalue weighted by molar-refractivity contribution is 6.04. The van der Waals surface area contributed by atoms with Gasteiger partial charge in [0.05, 0.1) is 11.6 Å². The third-order valence-electron chi connectivity index (χ3n) is 5.48. The fourth-order valence-electron chi connectivity index (χ4n) is 3.74. The molecule has 6 nitrogen and oxygen atoms in total. The quantitative estimate of drug-likeness (QED) is 0.557. The highest BCUT2D eigenvalue weighted by Crippen LogP contribution is 2.18. The number of amides is 2. The first-order valence-corrected chi connectivity index (χ1v) is 10.6. The van der Waals surface area contributed by atoms with Crippen molar-refractivity contribution in [3.05, 3.63) is 94.5 Å². The van der Waals surface area contributed by atoms with E-state index < -0.39 is 0 Å². The Labute approximate surface area is 187 Å². The lowest BCUT2D eigenvalue weighted by Crippen LogP contribution is -2.24. The van der Waals surface area contributed by atoms with Crippen molar-refractivity contribution in [2.24, 2.45) is 0 Å². The molecule has 1 aliphatic heterocycles. The van der Waals surface area contributed by atoms with Crippen molar-refractivity contribution >= 4 is 23.2 Å². The van der Waals surface area contributed by atoms with E-state index in [1.807, 2.05) is 42.5 Å². The Morgan fingerprint density at radius 2 is 1.78 bits per heavy atom. The van der Waals surface area contributed by atoms with Crippen molar-refractivity contribution in [1.82, 2.24) is 5.32 Å². The molecule has 3 N–H and O–H groups in total. The number of rotatable bonds is 6. The Balaban J connectivity index is 1.33. The molecule has 0 atom stereocenters. The van der Waals surface area contributed by atoms with Gasteiger partial charge in [0.1, 0.15) is 0 Å². The zero-order valence-corrected chi connectivity index (χ0v) is 17.7. The number of fused-ring (bicyclic) bond motifs is 1. The second-order valence-electron chi connectivity index (χ2n) is 7.80. The van der Waals surface area contributed by atoms with Gasteiger partial charge in [0, 0.05) is 29.9 Å². The van der Waals surface area contributed by atoms with Crippen LogP contribution in [0.2, 0.25) is 0 Å². The highest BCUT2D eigenvalue weighted by Gasteiger charge is 2.13. The monoisotopic (exact) mass is 424 g/mol. The summed E-state index contributed by atoms with van der Waals surface area (Å²) in [4.78, 5) is 25.0. The Hall–Kier alpha value is -3.95. The fraction of sp³-hybridized carbons (Fsp3) is 0.192. The number of anilines is 2. The van der Waals surface area contributed by atoms with E-state index in [0.717, 1.165) is 25.1 Å². The summed E-state index contributed by atoms with van der Waals surface area (Å²) in [5, 5.41) is 18.0. The Bertz CT molecular complexity index is 1180. The minimum atomic E-state index is -0.144. The zero-order chi connectivity index (χ0) is 22.3. The molecule has 3 aromatic carbocycles. The molecule has 4 rings (SSSR count). The average Bonchev–Trinajstić information content (AvgIpc) is 2.83. The SMILES string of the molecule is N#Cc1ccc(NC(=O)CCc2cccc(NC(=O)c3ccc4c(c3)CNCC4)c2)cc1. The number of hydrogen-bond acceptors (Lipinski definition) is 4. The second kappa shape index (κ2) is 9.90. The molecule has 1 heterocycles. The number of carbonyl (C=O) groups excluding carboxylic acids is 2. The van der Waals surface area contributed by atoms with E-state index in [-0.39, 0.29) is 11.8 Å². The van der Waals surface area contributed by atoms with Gasteiger partial charge < -0.3 is 16.0 Å². The summed E-state index contributed by atoms with van der Waals surface area (Å²) in [5.41, 5.74) is 5.99. The van der Waals surface area contributed by atoms with E-state index in [1.165, 1.54) is 11.1 Å². The van der Waals surface area contributed by atoms with Crippen LogP contribution in [0.5, 0.6) is 0 Å². The molecule has 1 aliphatic rings. The highest BCUT2D eigenvalue weighted by atomic mass is 16.2. The fourth-order valence-corrected chi connectivity index (χ4v) is 3.74. The van der Waals surface area contributed by atoms with Crippen LogP contribution in [0.1, 0.15) is 39.0 Å². The maximum absolute atomic E-state index is 12.7. The summed E-state index contributed by atoms with van der Waals surface area (Å²) in [6.45, 7) is 1.76. The number of aryl methyl sites for hydroxylation is 1. The van der Waals surface area contributed by atoms with E-state index in [9.17, 15) is 9.59 Å². The number of benzene rings is 3. The van der Waals surface area contributed by atoms with E-state index in [1.54, 1.807) is 24.3 Å². The molecule has 3 aromatic rings. The molecule has 0 bridgehead atoms. The lowest BCUT2D eigenvalue weighted by molar-refractivity contribution is -0.116. The minimum absolute atomic E-state index is 0.105. The lowest BCUT2D eigenvalue weighted by Gasteiger charge is -2.17. The predicted octanol–water partition coefficient (Wildman–Crippen LogP) is 4.03. The summed E-state index contributed by atoms with van der Waals surface area (Å²) >= 11 is 0. The Kier molecular flexibility index (Phi) is 6.59. The molecule has 0 saturated carbocycles. The number of nitrogens with one attached hydrogen (secondary N) is 3. The van der Waals surface area contributed by atoms with Gasteiger partial charge in [-0.2, -0.15) is 5.26 Å². The molecular weight excluding hydrogens is 400 g/mol. The van der Waals surface area contributed by atoms with Gasteiger partial charge in [-0.15, -0.1) is 0 Å². The normalized spacial score (nSPS) is 12.3. The summed E-state index contributed by atoms with van der Waals surface area (Å²) in [5.74, 6) is -0.249. The Morgan fingerprint density at radius 3 is 2.59 bits per heavy atom. The predicted molar refractivity (Wildman–Crippen MR) is 124 cm³/mol. The van der Waals surface area contributed by atoms with Crippen LogP contribution < -0.4 is 16.0 Å². The van der Waals surface area contributed by atoms with Gasteiger partial charge in [-0.05, 0) is 84.6 Å². The minimum Gasteiger partial charge on any atom is -0.326 e. The maximum Gasteiger partial charge on any atom is 0.255 e. The van der Waals surface area contributed by atoms with Crippen LogP contribution in [0.3, 0.4) is 0 Å². The number of nitriles is 1. The average molecular weight is 425 g/mol. The number of carbonyl (C=O) groups is 2. The molecule has 2 amide bonds. The van der Waals surface area contributed by atoms with Crippen LogP contribution in [0, 0.1) is 11.3 Å². The van der Waals surface area contributed by atoms with Gasteiger partial charge in [-0.25, -0.2) is 0 Å². The third kappa shape index (κ3) is 5.39. The first kappa shape index (κ1) is 21.3. The molecule has 0 fully saturated rings. The van der Waals surface area contributed by atoms with Gasteiger partial charge >= 0.3 is 0 Å². The van der Waals surface area contributed by atoms with Gasteiger partial charge in [-0.1, -0.05) is 18.2 Å². The van der Waals surface area contributed by atoms with Crippen LogP contribution in [-0.2, 0) is 24.2 Å². The van der Waals surface area contributed by atoms with Crippen molar-refractivity contribution in [2.75, 3.05) is 17.2 Å². The van der Waals surface area contributed by atoms with Crippen LogP contribution in [0.25, 0.3) is 0 Å². The molecular formula is C26H24N4O2. The van der Waals surface area contributed by atoms with Crippen molar-refractivity contribution in [3.8, 4) is 6.07 Å². The number of hydrogen-bond donors (Lipinski definition) is 3. The van der Waals surface area contributed by atoms with Crippen LogP contribution >= 0.6 is 0 Å². The molecule has 0 radical (unpaired) electrons.